The highest BCUT2D eigenvalue weighted by atomic mass is 35.5. The van der Waals surface area contributed by atoms with E-state index in [4.69, 9.17) is 21.1 Å². The van der Waals surface area contributed by atoms with Crippen LogP contribution in [0.15, 0.2) is 42.5 Å². The van der Waals surface area contributed by atoms with Gasteiger partial charge in [0.2, 0.25) is 0 Å². The predicted octanol–water partition coefficient (Wildman–Crippen LogP) is 4.68. The van der Waals surface area contributed by atoms with E-state index in [9.17, 15) is 13.6 Å². The van der Waals surface area contributed by atoms with Crippen LogP contribution in [0.5, 0.6) is 11.5 Å². The van der Waals surface area contributed by atoms with Crippen LogP contribution in [-0.2, 0) is 4.74 Å². The van der Waals surface area contributed by atoms with E-state index in [1.54, 1.807) is 12.1 Å². The first-order chi connectivity index (χ1) is 14.0. The zero-order valence-corrected chi connectivity index (χ0v) is 16.5. The number of alkyl halides is 2. The molecule has 3 rings (SSSR count). The Bertz CT molecular complexity index is 898. The minimum atomic E-state index is -3.02. The topological polar surface area (TPSA) is 48.0 Å². The van der Waals surface area contributed by atoms with Crippen LogP contribution in [0.4, 0.5) is 14.5 Å². The Hall–Kier alpha value is -2.64. The zero-order chi connectivity index (χ0) is 20.8. The fraction of sp³-hybridized carbons (Fsp3) is 0.286. The lowest BCUT2D eigenvalue weighted by atomic mass is 10.1. The van der Waals surface area contributed by atoms with E-state index in [0.29, 0.717) is 24.3 Å². The molecular weight excluding hydrogens is 404 g/mol. The van der Waals surface area contributed by atoms with Crippen LogP contribution in [0.25, 0.3) is 6.08 Å². The van der Waals surface area contributed by atoms with Crippen LogP contribution in [0.3, 0.4) is 0 Å². The molecule has 0 aromatic heterocycles. The molecule has 8 heteroatoms. The van der Waals surface area contributed by atoms with Crippen molar-refractivity contribution < 1.29 is 27.8 Å². The molecule has 29 heavy (non-hydrogen) atoms. The third-order valence-electron chi connectivity index (χ3n) is 4.39. The van der Waals surface area contributed by atoms with Crippen molar-refractivity contribution in [3.8, 4) is 11.5 Å². The number of anilines is 1. The molecule has 0 N–H and O–H groups in total. The van der Waals surface area contributed by atoms with E-state index < -0.39 is 6.61 Å². The second kappa shape index (κ2) is 9.71. The number of halogens is 3. The van der Waals surface area contributed by atoms with Crippen LogP contribution in [0, 0.1) is 0 Å². The molecule has 0 atom stereocenters. The SMILES string of the molecule is COc1cc(C=CC(=O)c2cccc(N3CCOCC3)c2)cc(Cl)c1OC(F)F. The van der Waals surface area contributed by atoms with Crippen molar-refractivity contribution in [2.75, 3.05) is 38.3 Å². The quantitative estimate of drug-likeness (QED) is 0.478. The first kappa shape index (κ1) is 21.1. The van der Waals surface area contributed by atoms with E-state index >= 15 is 0 Å². The Labute approximate surface area is 172 Å². The van der Waals surface area contributed by atoms with Gasteiger partial charge < -0.3 is 19.1 Å². The Kier molecular flexibility index (Phi) is 7.06. The summed E-state index contributed by atoms with van der Waals surface area (Å²) in [7, 11) is 1.32. The minimum absolute atomic E-state index is 0.0361. The lowest BCUT2D eigenvalue weighted by molar-refractivity contribution is -0.0511. The van der Waals surface area contributed by atoms with E-state index in [-0.39, 0.29) is 22.3 Å². The van der Waals surface area contributed by atoms with Gasteiger partial charge in [-0.05, 0) is 35.9 Å². The third-order valence-corrected chi connectivity index (χ3v) is 4.67. The molecule has 1 saturated heterocycles. The Morgan fingerprint density at radius 1 is 1.24 bits per heavy atom. The highest BCUT2D eigenvalue weighted by Gasteiger charge is 2.16. The van der Waals surface area contributed by atoms with Crippen LogP contribution in [-0.4, -0.2) is 45.8 Å². The number of allylic oxidation sites excluding steroid dienone is 1. The maximum Gasteiger partial charge on any atom is 0.387 e. The van der Waals surface area contributed by atoms with E-state index in [1.807, 2.05) is 18.2 Å². The van der Waals surface area contributed by atoms with Crippen LogP contribution in [0.1, 0.15) is 15.9 Å². The van der Waals surface area contributed by atoms with Gasteiger partial charge in [0.15, 0.2) is 17.3 Å². The van der Waals surface area contributed by atoms with Gasteiger partial charge in [-0.15, -0.1) is 0 Å². The lowest BCUT2D eigenvalue weighted by Gasteiger charge is -2.29. The van der Waals surface area contributed by atoms with Gasteiger partial charge >= 0.3 is 6.61 Å². The highest BCUT2D eigenvalue weighted by molar-refractivity contribution is 6.32. The second-order valence-corrected chi connectivity index (χ2v) is 6.67. The number of carbonyl (C=O) groups is 1. The second-order valence-electron chi connectivity index (χ2n) is 6.26. The first-order valence-electron chi connectivity index (χ1n) is 8.95. The molecule has 0 radical (unpaired) electrons. The highest BCUT2D eigenvalue weighted by Crippen LogP contribution is 2.37. The van der Waals surface area contributed by atoms with Gasteiger partial charge in [-0.2, -0.15) is 8.78 Å². The van der Waals surface area contributed by atoms with Crippen molar-refractivity contribution >= 4 is 29.1 Å². The molecule has 0 bridgehead atoms. The number of carbonyl (C=O) groups excluding carboxylic acids is 1. The van der Waals surface area contributed by atoms with E-state index in [2.05, 4.69) is 9.64 Å². The molecular formula is C21H20ClF2NO4. The number of nitrogens with zero attached hydrogens (tertiary/aromatic N) is 1. The van der Waals surface area contributed by atoms with Crippen LogP contribution in [0.2, 0.25) is 5.02 Å². The van der Waals surface area contributed by atoms with E-state index in [0.717, 1.165) is 18.8 Å². The van der Waals surface area contributed by atoms with Gasteiger partial charge in [0, 0.05) is 24.3 Å². The van der Waals surface area contributed by atoms with Gasteiger partial charge in [0.25, 0.3) is 0 Å². The molecule has 0 spiro atoms. The molecule has 0 aliphatic carbocycles. The Balaban J connectivity index is 1.77. The summed E-state index contributed by atoms with van der Waals surface area (Å²) in [6.45, 7) is -0.154. The van der Waals surface area contributed by atoms with Gasteiger partial charge in [0.1, 0.15) is 0 Å². The molecule has 1 fully saturated rings. The molecule has 0 unspecified atom stereocenters. The lowest BCUT2D eigenvalue weighted by Crippen LogP contribution is -2.36. The van der Waals surface area contributed by atoms with Gasteiger partial charge in [0.05, 0.1) is 25.3 Å². The van der Waals surface area contributed by atoms with E-state index in [1.165, 1.54) is 25.3 Å². The average Bonchev–Trinajstić information content (AvgIpc) is 2.74. The van der Waals surface area contributed by atoms with Gasteiger partial charge in [-0.3, -0.25) is 4.79 Å². The van der Waals surface area contributed by atoms with Crippen molar-refractivity contribution in [2.45, 2.75) is 6.61 Å². The maximum absolute atomic E-state index is 12.6. The summed E-state index contributed by atoms with van der Waals surface area (Å²) in [4.78, 5) is 14.7. The number of benzene rings is 2. The molecule has 5 nitrogen and oxygen atoms in total. The Morgan fingerprint density at radius 3 is 2.69 bits per heavy atom. The Morgan fingerprint density at radius 2 is 2.00 bits per heavy atom. The number of hydrogen-bond acceptors (Lipinski definition) is 5. The summed E-state index contributed by atoms with van der Waals surface area (Å²) in [5, 5.41) is -0.0361. The molecule has 1 aliphatic rings. The van der Waals surface area contributed by atoms with Gasteiger partial charge in [-0.1, -0.05) is 29.8 Å². The first-order valence-corrected chi connectivity index (χ1v) is 9.33. The number of rotatable bonds is 7. The monoisotopic (exact) mass is 423 g/mol. The number of hydrogen-bond donors (Lipinski definition) is 0. The summed E-state index contributed by atoms with van der Waals surface area (Å²) >= 11 is 6.02. The van der Waals surface area contributed by atoms with Gasteiger partial charge in [-0.25, -0.2) is 0 Å². The van der Waals surface area contributed by atoms with Crippen LogP contribution < -0.4 is 14.4 Å². The number of ether oxygens (including phenoxy) is 3. The molecule has 1 aliphatic heterocycles. The smallest absolute Gasteiger partial charge is 0.387 e. The van der Waals surface area contributed by atoms with Crippen molar-refractivity contribution in [1.82, 2.24) is 0 Å². The normalized spacial score (nSPS) is 14.4. The molecule has 0 saturated carbocycles. The predicted molar refractivity (Wildman–Crippen MR) is 107 cm³/mol. The van der Waals surface area contributed by atoms with Crippen molar-refractivity contribution in [3.05, 3.63) is 58.6 Å². The van der Waals surface area contributed by atoms with Crippen molar-refractivity contribution in [1.29, 1.82) is 0 Å². The summed E-state index contributed by atoms with van der Waals surface area (Å²) < 4.78 is 39.9. The molecule has 154 valence electrons. The fourth-order valence-corrected chi connectivity index (χ4v) is 3.25. The summed E-state index contributed by atoms with van der Waals surface area (Å²) in [6, 6.07) is 10.3. The summed E-state index contributed by atoms with van der Waals surface area (Å²) in [6.07, 6.45) is 2.95. The zero-order valence-electron chi connectivity index (χ0n) is 15.7. The third kappa shape index (κ3) is 5.46. The number of ketones is 1. The standard InChI is InChI=1S/C21H20ClF2NO4/c1-27-19-12-14(11-17(22)20(19)29-21(23)24)5-6-18(26)15-3-2-4-16(13-15)25-7-9-28-10-8-25/h2-6,11-13,21H,7-10H2,1H3. The molecule has 1 heterocycles. The minimum Gasteiger partial charge on any atom is -0.493 e. The summed E-state index contributed by atoms with van der Waals surface area (Å²) in [5.74, 6) is -0.381. The number of morpholine rings is 1. The molecule has 2 aromatic rings. The largest absolute Gasteiger partial charge is 0.493 e. The number of methoxy groups -OCH3 is 1. The maximum atomic E-state index is 12.6. The van der Waals surface area contributed by atoms with Crippen LogP contribution >= 0.6 is 11.6 Å². The summed E-state index contributed by atoms with van der Waals surface area (Å²) in [5.41, 5.74) is 2.03. The molecule has 0 amide bonds. The fourth-order valence-electron chi connectivity index (χ4n) is 2.99. The van der Waals surface area contributed by atoms with Crippen molar-refractivity contribution in [2.24, 2.45) is 0 Å². The average molecular weight is 424 g/mol. The molecule has 2 aromatic carbocycles. The van der Waals surface area contributed by atoms with Crippen molar-refractivity contribution in [3.63, 3.8) is 0 Å².